The molecule has 84 valence electrons. The van der Waals surface area contributed by atoms with E-state index in [1.54, 1.807) is 6.20 Å². The molecule has 15 heavy (non-hydrogen) atoms. The van der Waals surface area contributed by atoms with Gasteiger partial charge in [-0.25, -0.2) is 4.98 Å². The summed E-state index contributed by atoms with van der Waals surface area (Å²) >= 11 is 1.83. The van der Waals surface area contributed by atoms with E-state index in [0.717, 1.165) is 17.1 Å². The molecule has 0 aromatic carbocycles. The molecule has 0 spiro atoms. The molecule has 5 heteroatoms. The standard InChI is InChI=1S/C10H18N4S/c1-7-5-12-10(11)13-9(7)14(3)8(2)6-15-4/h5,8H,6H2,1-4H3,(H2,11,12,13). The molecule has 1 rings (SSSR count). The summed E-state index contributed by atoms with van der Waals surface area (Å²) in [6.07, 6.45) is 3.87. The molecule has 0 saturated carbocycles. The monoisotopic (exact) mass is 226 g/mol. The molecule has 2 N–H and O–H groups in total. The molecule has 0 aliphatic carbocycles. The molecule has 1 unspecified atom stereocenters. The topological polar surface area (TPSA) is 55.0 Å². The lowest BCUT2D eigenvalue weighted by atomic mass is 10.3. The first-order chi connectivity index (χ1) is 7.06. The Labute approximate surface area is 95.3 Å². The van der Waals surface area contributed by atoms with Crippen molar-refractivity contribution in [1.29, 1.82) is 0 Å². The summed E-state index contributed by atoms with van der Waals surface area (Å²) < 4.78 is 0. The van der Waals surface area contributed by atoms with Crippen molar-refractivity contribution < 1.29 is 0 Å². The van der Waals surface area contributed by atoms with Gasteiger partial charge in [-0.3, -0.25) is 0 Å². The summed E-state index contributed by atoms with van der Waals surface area (Å²) in [5, 5.41) is 0. The third-order valence-electron chi connectivity index (χ3n) is 2.37. The predicted molar refractivity (Wildman–Crippen MR) is 67.4 cm³/mol. The third-order valence-corrected chi connectivity index (χ3v) is 3.18. The van der Waals surface area contributed by atoms with Gasteiger partial charge in [0, 0.05) is 30.6 Å². The fraction of sp³-hybridized carbons (Fsp3) is 0.600. The predicted octanol–water partition coefficient (Wildman–Crippen LogP) is 1.55. The zero-order valence-electron chi connectivity index (χ0n) is 9.69. The van der Waals surface area contributed by atoms with Crippen LogP contribution in [-0.4, -0.2) is 35.1 Å². The molecule has 0 fully saturated rings. The van der Waals surface area contributed by atoms with Gasteiger partial charge in [0.2, 0.25) is 5.95 Å². The molecule has 4 nitrogen and oxygen atoms in total. The Balaban J connectivity index is 2.89. The van der Waals surface area contributed by atoms with Crippen LogP contribution in [0.5, 0.6) is 0 Å². The molecule has 0 aliphatic rings. The minimum absolute atomic E-state index is 0.332. The van der Waals surface area contributed by atoms with Crippen LogP contribution in [0.3, 0.4) is 0 Å². The van der Waals surface area contributed by atoms with Gasteiger partial charge >= 0.3 is 0 Å². The maximum atomic E-state index is 5.59. The normalized spacial score (nSPS) is 12.5. The van der Waals surface area contributed by atoms with Gasteiger partial charge in [0.15, 0.2) is 0 Å². The maximum Gasteiger partial charge on any atom is 0.221 e. The van der Waals surface area contributed by atoms with Crippen molar-refractivity contribution in [3.05, 3.63) is 11.8 Å². The van der Waals surface area contributed by atoms with Gasteiger partial charge < -0.3 is 10.6 Å². The van der Waals surface area contributed by atoms with Crippen molar-refractivity contribution in [3.8, 4) is 0 Å². The highest BCUT2D eigenvalue weighted by atomic mass is 32.2. The SMILES string of the molecule is CSCC(C)N(C)c1nc(N)ncc1C. The molecule has 0 amide bonds. The van der Waals surface area contributed by atoms with Crippen LogP contribution < -0.4 is 10.6 Å². The minimum atomic E-state index is 0.332. The zero-order chi connectivity index (χ0) is 11.4. The molecular weight excluding hydrogens is 208 g/mol. The fourth-order valence-corrected chi connectivity index (χ4v) is 2.07. The summed E-state index contributed by atoms with van der Waals surface area (Å²) in [7, 11) is 2.04. The van der Waals surface area contributed by atoms with Gasteiger partial charge in [0.05, 0.1) is 0 Å². The number of rotatable bonds is 4. The Bertz CT molecular complexity index is 329. The van der Waals surface area contributed by atoms with Gasteiger partial charge in [-0.2, -0.15) is 16.7 Å². The van der Waals surface area contributed by atoms with Crippen molar-refractivity contribution in [3.63, 3.8) is 0 Å². The van der Waals surface area contributed by atoms with Crippen LogP contribution in [0.4, 0.5) is 11.8 Å². The average molecular weight is 226 g/mol. The van der Waals surface area contributed by atoms with Gasteiger partial charge in [0.1, 0.15) is 5.82 Å². The molecule has 1 aromatic heterocycles. The van der Waals surface area contributed by atoms with Crippen LogP contribution in [0.2, 0.25) is 0 Å². The van der Waals surface area contributed by atoms with Crippen molar-refractivity contribution in [2.24, 2.45) is 0 Å². The van der Waals surface area contributed by atoms with E-state index in [-0.39, 0.29) is 0 Å². The molecule has 0 saturated heterocycles. The first-order valence-corrected chi connectivity index (χ1v) is 6.26. The molecule has 1 aromatic rings. The summed E-state index contributed by atoms with van der Waals surface area (Å²) in [5.74, 6) is 2.32. The second-order valence-electron chi connectivity index (χ2n) is 3.65. The number of anilines is 2. The second-order valence-corrected chi connectivity index (χ2v) is 4.56. The average Bonchev–Trinajstić information content (AvgIpc) is 2.21. The first kappa shape index (κ1) is 12.1. The van der Waals surface area contributed by atoms with E-state index in [9.17, 15) is 0 Å². The number of hydrogen-bond acceptors (Lipinski definition) is 5. The highest BCUT2D eigenvalue weighted by Crippen LogP contribution is 2.18. The van der Waals surface area contributed by atoms with Crippen LogP contribution in [-0.2, 0) is 0 Å². The number of nitrogens with two attached hydrogens (primary N) is 1. The first-order valence-electron chi connectivity index (χ1n) is 4.87. The van der Waals surface area contributed by atoms with Gasteiger partial charge in [-0.1, -0.05) is 0 Å². The van der Waals surface area contributed by atoms with E-state index in [1.165, 1.54) is 0 Å². The molecule has 1 atom stereocenters. The highest BCUT2D eigenvalue weighted by Gasteiger charge is 2.13. The molecule has 0 radical (unpaired) electrons. The van der Waals surface area contributed by atoms with Crippen LogP contribution in [0, 0.1) is 6.92 Å². The quantitative estimate of drug-likeness (QED) is 0.844. The van der Waals surface area contributed by atoms with E-state index in [2.05, 4.69) is 28.0 Å². The van der Waals surface area contributed by atoms with E-state index < -0.39 is 0 Å². The summed E-state index contributed by atoms with van der Waals surface area (Å²) in [6.45, 7) is 4.17. The second kappa shape index (κ2) is 5.21. The smallest absolute Gasteiger partial charge is 0.221 e. The van der Waals surface area contributed by atoms with Gasteiger partial charge in [0.25, 0.3) is 0 Å². The Morgan fingerprint density at radius 2 is 2.27 bits per heavy atom. The van der Waals surface area contributed by atoms with Gasteiger partial charge in [-0.05, 0) is 20.1 Å². The van der Waals surface area contributed by atoms with Crippen molar-refractivity contribution in [2.45, 2.75) is 19.9 Å². The molecular formula is C10H18N4S. The number of hydrogen-bond donors (Lipinski definition) is 1. The lowest BCUT2D eigenvalue weighted by Crippen LogP contribution is -2.32. The Morgan fingerprint density at radius 1 is 1.60 bits per heavy atom. The lowest BCUT2D eigenvalue weighted by molar-refractivity contribution is 0.749. The number of nitrogen functional groups attached to an aromatic ring is 1. The third kappa shape index (κ3) is 2.99. The van der Waals surface area contributed by atoms with Crippen LogP contribution in [0.15, 0.2) is 6.20 Å². The largest absolute Gasteiger partial charge is 0.368 e. The minimum Gasteiger partial charge on any atom is -0.368 e. The number of aryl methyl sites for hydroxylation is 1. The van der Waals surface area contributed by atoms with E-state index in [4.69, 9.17) is 5.73 Å². The Hall–Kier alpha value is -0.970. The van der Waals surface area contributed by atoms with Crippen LogP contribution >= 0.6 is 11.8 Å². The van der Waals surface area contributed by atoms with Gasteiger partial charge in [-0.15, -0.1) is 0 Å². The Morgan fingerprint density at radius 3 is 2.87 bits per heavy atom. The molecule has 1 heterocycles. The van der Waals surface area contributed by atoms with Crippen molar-refractivity contribution in [1.82, 2.24) is 9.97 Å². The number of thioether (sulfide) groups is 1. The van der Waals surface area contributed by atoms with Crippen molar-refractivity contribution >= 4 is 23.5 Å². The summed E-state index contributed by atoms with van der Waals surface area (Å²) in [6, 6.07) is 0.438. The van der Waals surface area contributed by atoms with E-state index in [0.29, 0.717) is 12.0 Å². The fourth-order valence-electron chi connectivity index (χ4n) is 1.37. The summed E-state index contributed by atoms with van der Waals surface area (Å²) in [4.78, 5) is 10.4. The van der Waals surface area contributed by atoms with E-state index >= 15 is 0 Å². The van der Waals surface area contributed by atoms with Crippen molar-refractivity contribution in [2.75, 3.05) is 29.7 Å². The maximum absolute atomic E-state index is 5.59. The van der Waals surface area contributed by atoms with Crippen LogP contribution in [0.25, 0.3) is 0 Å². The highest BCUT2D eigenvalue weighted by molar-refractivity contribution is 7.98. The molecule has 0 aliphatic heterocycles. The lowest BCUT2D eigenvalue weighted by Gasteiger charge is -2.26. The Kier molecular flexibility index (Phi) is 4.20. The van der Waals surface area contributed by atoms with Crippen LogP contribution in [0.1, 0.15) is 12.5 Å². The number of aromatic nitrogens is 2. The summed E-state index contributed by atoms with van der Waals surface area (Å²) in [5.41, 5.74) is 6.64. The number of nitrogens with zero attached hydrogens (tertiary/aromatic N) is 3. The zero-order valence-corrected chi connectivity index (χ0v) is 10.5. The van der Waals surface area contributed by atoms with E-state index in [1.807, 2.05) is 25.7 Å². The molecule has 0 bridgehead atoms.